The molecule has 0 amide bonds. The van der Waals surface area contributed by atoms with Gasteiger partial charge in [-0.3, -0.25) is 0 Å². The van der Waals surface area contributed by atoms with Crippen LogP contribution in [0.25, 0.3) is 0 Å². The van der Waals surface area contributed by atoms with E-state index in [9.17, 15) is 0 Å². The Morgan fingerprint density at radius 3 is 0.700 bits per heavy atom. The van der Waals surface area contributed by atoms with Crippen LogP contribution in [-0.4, -0.2) is 61.9 Å². The van der Waals surface area contributed by atoms with E-state index < -0.39 is 38.0 Å². The van der Waals surface area contributed by atoms with Gasteiger partial charge in [-0.05, 0) is 27.7 Å². The number of hydrogen-bond donors (Lipinski definition) is 0. The summed E-state index contributed by atoms with van der Waals surface area (Å²) < 4.78 is 0. The van der Waals surface area contributed by atoms with Crippen LogP contribution in [0.4, 0.5) is 0 Å². The molecule has 0 rings (SSSR count). The van der Waals surface area contributed by atoms with E-state index in [1.165, 1.54) is 0 Å². The molecule has 0 saturated heterocycles. The Hall–Kier alpha value is -0.789. The molecule has 0 aliphatic heterocycles. The molecule has 0 aromatic carbocycles. The Labute approximate surface area is 203 Å². The fraction of sp³-hybridized carbons (Fsp3) is 0.800. The van der Waals surface area contributed by atoms with Gasteiger partial charge in [0.2, 0.25) is 0 Å². The number of carbonyl (C=O) groups is 4. The summed E-state index contributed by atoms with van der Waals surface area (Å²) in [4.78, 5) is 35.6. The third-order valence-corrected chi connectivity index (χ3v) is 7.24. The van der Waals surface area contributed by atoms with Crippen LogP contribution in [0.3, 0.4) is 0 Å². The van der Waals surface area contributed by atoms with Gasteiger partial charge in [0.25, 0.3) is 14.1 Å². The van der Waals surface area contributed by atoms with Crippen molar-refractivity contribution in [2.24, 2.45) is 17.8 Å². The summed E-state index contributed by atoms with van der Waals surface area (Å²) in [6.45, 7) is 18.1. The average Bonchev–Trinajstić information content (AvgIpc) is 2.32. The first kappa shape index (κ1) is 43.2. The summed E-state index contributed by atoms with van der Waals surface area (Å²) in [5.74, 6) is -1.56. The summed E-state index contributed by atoms with van der Waals surface area (Å²) in [5.41, 5.74) is 0. The summed E-state index contributed by atoms with van der Waals surface area (Å²) in [7, 11) is 0. The molecule has 0 aliphatic carbocycles. The van der Waals surface area contributed by atoms with Crippen LogP contribution in [0.15, 0.2) is 0 Å². The van der Waals surface area contributed by atoms with Crippen molar-refractivity contribution in [1.82, 2.24) is 0 Å². The van der Waals surface area contributed by atoms with Crippen molar-refractivity contribution < 1.29 is 39.6 Å². The third-order valence-electron chi connectivity index (χ3n) is 2.41. The van der Waals surface area contributed by atoms with Crippen molar-refractivity contribution in [3.05, 3.63) is 0 Å². The van der Waals surface area contributed by atoms with Gasteiger partial charge in [0.15, 0.2) is 0 Å². The molecule has 0 N–H and O–H groups in total. The molecule has 30 heavy (non-hydrogen) atoms. The predicted octanol–water partition coefficient (Wildman–Crippen LogP) is -0.907. The smallest absolute Gasteiger partial charge is 0.550 e. The van der Waals surface area contributed by atoms with Gasteiger partial charge >= 0.3 is 23.9 Å². The first-order valence-electron chi connectivity index (χ1n) is 9.55. The van der Waals surface area contributed by atoms with E-state index in [1.807, 2.05) is 0 Å². The van der Waals surface area contributed by atoms with Crippen molar-refractivity contribution in [3.63, 3.8) is 0 Å². The molecule has 0 bridgehead atoms. The van der Waals surface area contributed by atoms with Gasteiger partial charge in [-0.15, -0.1) is 0 Å². The van der Waals surface area contributed by atoms with Crippen LogP contribution >= 0.6 is 0 Å². The standard InChI is InChI=1S/3C4H9.4C2H4O2.Al.Sn/c3*1-4(2)3;4*1-2(3)4;;/h3*4H,1H2,2-3H3;4*1H3,(H,3,4);;/q;;;;;;;;+4/p-4. The van der Waals surface area contributed by atoms with E-state index in [0.717, 1.165) is 45.4 Å². The van der Waals surface area contributed by atoms with Gasteiger partial charge in [0.1, 0.15) is 0 Å². The molecule has 0 aromatic heterocycles. The normalized spacial score (nSPS) is 8.43. The summed E-state index contributed by atoms with van der Waals surface area (Å²) >= 11 is -0.407. The first-order chi connectivity index (χ1) is 12.8. The Morgan fingerprint density at radius 1 is 0.533 bits per heavy atom. The number of carbonyl (C=O) groups excluding carboxylic acids is 4. The van der Waals surface area contributed by atoms with E-state index in [4.69, 9.17) is 39.6 Å². The Kier molecular flexibility index (Phi) is 43.7. The molecule has 0 radical (unpaired) electrons. The van der Waals surface area contributed by atoms with E-state index in [1.54, 1.807) is 15.8 Å². The molecule has 0 unspecified atom stereocenters. The first-order valence-corrected chi connectivity index (χ1v) is 12.0. The molecule has 0 atom stereocenters. The summed E-state index contributed by atoms with van der Waals surface area (Å²) in [6, 6.07) is 0. The largest absolute Gasteiger partial charge is 4.00 e. The van der Waals surface area contributed by atoms with Gasteiger partial charge in [0.05, 0.1) is 0 Å². The SMILES string of the molecule is CC(=O)[O-].CC(=O)[O-].CC(=O)[O-].CC(=O)[O-].CC(C)[CH2][Al]([CH2]C(C)C)[CH2]C(C)C.[Sn+4]. The maximum atomic E-state index is 8.89. The summed E-state index contributed by atoms with van der Waals surface area (Å²) in [6.07, 6.45) is 0. The Balaban J connectivity index is -0.0000000700. The van der Waals surface area contributed by atoms with E-state index in [-0.39, 0.29) is 23.9 Å². The quantitative estimate of drug-likeness (QED) is 0.383. The fourth-order valence-corrected chi connectivity index (χ4v) is 6.87. The maximum Gasteiger partial charge on any atom is 4.00 e. The zero-order chi connectivity index (χ0) is 24.7. The van der Waals surface area contributed by atoms with Gasteiger partial charge in [-0.25, -0.2) is 0 Å². The van der Waals surface area contributed by atoms with Crippen LogP contribution in [0.5, 0.6) is 0 Å². The molecule has 174 valence electrons. The van der Waals surface area contributed by atoms with E-state index in [2.05, 4.69) is 41.5 Å². The molecular weight excluding hydrogens is 514 g/mol. The Bertz CT molecular complexity index is 339. The number of carboxylic acid groups (broad SMARTS) is 4. The predicted molar refractivity (Wildman–Crippen MR) is 113 cm³/mol. The minimum atomic E-state index is -1.08. The average molecular weight is 553 g/mol. The summed E-state index contributed by atoms with van der Waals surface area (Å²) in [5, 5.41) is 40.2. The van der Waals surface area contributed by atoms with Crippen LogP contribution in [0.2, 0.25) is 15.8 Å². The van der Waals surface area contributed by atoms with Crippen molar-refractivity contribution in [1.29, 1.82) is 0 Å². The minimum Gasteiger partial charge on any atom is -0.550 e. The van der Waals surface area contributed by atoms with Gasteiger partial charge in [-0.1, -0.05) is 75.1 Å². The maximum absolute atomic E-state index is 8.89. The number of carboxylic acids is 4. The van der Waals surface area contributed by atoms with E-state index in [0.29, 0.717) is 0 Å². The zero-order valence-electron chi connectivity index (χ0n) is 20.2. The second-order valence-electron chi connectivity index (χ2n) is 7.72. The van der Waals surface area contributed by atoms with Crippen molar-refractivity contribution in [3.8, 4) is 0 Å². The monoisotopic (exact) mass is 554 g/mol. The van der Waals surface area contributed by atoms with Gasteiger partial charge in [-0.2, -0.15) is 0 Å². The molecule has 0 heterocycles. The molecule has 0 fully saturated rings. The molecule has 8 nitrogen and oxygen atoms in total. The topological polar surface area (TPSA) is 161 Å². The van der Waals surface area contributed by atoms with E-state index >= 15 is 0 Å². The second-order valence-corrected chi connectivity index (χ2v) is 10.9. The van der Waals surface area contributed by atoms with Gasteiger partial charge < -0.3 is 39.6 Å². The van der Waals surface area contributed by atoms with Crippen molar-refractivity contribution in [2.45, 2.75) is 85.1 Å². The van der Waals surface area contributed by atoms with Crippen LogP contribution in [0, 0.1) is 17.8 Å². The van der Waals surface area contributed by atoms with Crippen molar-refractivity contribution >= 4 is 61.9 Å². The Morgan fingerprint density at radius 2 is 0.633 bits per heavy atom. The minimum absolute atomic E-state index is 0. The van der Waals surface area contributed by atoms with Crippen LogP contribution in [-0.2, 0) is 19.2 Å². The molecule has 0 aromatic rings. The fourth-order valence-electron chi connectivity index (χ4n) is 2.29. The number of rotatable bonds is 6. The molecule has 0 saturated carbocycles. The van der Waals surface area contributed by atoms with Crippen LogP contribution < -0.4 is 20.4 Å². The van der Waals surface area contributed by atoms with Crippen molar-refractivity contribution in [2.75, 3.05) is 0 Å². The van der Waals surface area contributed by atoms with Gasteiger partial charge in [0, 0.05) is 23.9 Å². The van der Waals surface area contributed by atoms with Crippen LogP contribution in [0.1, 0.15) is 69.2 Å². The molecule has 0 aliphatic rings. The zero-order valence-corrected chi connectivity index (χ0v) is 24.2. The number of aliphatic carboxylic acids is 4. The number of hydrogen-bond acceptors (Lipinski definition) is 8. The molecule has 0 spiro atoms. The molecular formula is C20H39AlO8Sn. The third kappa shape index (κ3) is 149. The molecule has 10 heteroatoms. The second kappa shape index (κ2) is 30.4.